The molecule has 24 heavy (non-hydrogen) atoms. The molecular weight excluding hydrogens is 306 g/mol. The molecule has 126 valence electrons. The van der Waals surface area contributed by atoms with Crippen molar-refractivity contribution in [2.45, 2.75) is 45.6 Å². The van der Waals surface area contributed by atoms with Crippen molar-refractivity contribution in [2.75, 3.05) is 6.54 Å². The minimum Gasteiger partial charge on any atom is -0.340 e. The van der Waals surface area contributed by atoms with Gasteiger partial charge in [0.25, 0.3) is 5.91 Å². The molecule has 0 bridgehead atoms. The lowest BCUT2D eigenvalue weighted by molar-refractivity contribution is 0.0670. The Balaban J connectivity index is 1.88. The second-order valence-electron chi connectivity index (χ2n) is 6.17. The van der Waals surface area contributed by atoms with E-state index in [4.69, 9.17) is 4.52 Å². The first-order valence-electron chi connectivity index (χ1n) is 8.28. The quantitative estimate of drug-likeness (QED) is 0.808. The molecular formula is C18H21N3O3. The number of aryl methyl sites for hydroxylation is 1. The third kappa shape index (κ3) is 3.37. The molecule has 1 aromatic carbocycles. The summed E-state index contributed by atoms with van der Waals surface area (Å²) in [5.74, 6) is 1.01. The topological polar surface area (TPSA) is 76.3 Å². The van der Waals surface area contributed by atoms with Crippen LogP contribution in [0.15, 0.2) is 28.8 Å². The standard InChI is InChI=1S/C18H21N3O3/c1-12(22)14-7-9-15(10-8-14)18(23)21-11-5-3-4-6-16(21)17-19-13(2)24-20-17/h7-10,16H,3-6,11H2,1-2H3/t16-/m0/s1. The van der Waals surface area contributed by atoms with E-state index in [0.717, 1.165) is 25.7 Å². The van der Waals surface area contributed by atoms with Gasteiger partial charge in [-0.25, -0.2) is 0 Å². The smallest absolute Gasteiger partial charge is 0.254 e. The predicted octanol–water partition coefficient (Wildman–Crippen LogP) is 3.34. The number of ketones is 1. The van der Waals surface area contributed by atoms with Gasteiger partial charge in [0.2, 0.25) is 5.89 Å². The molecule has 0 spiro atoms. The fourth-order valence-electron chi connectivity index (χ4n) is 3.08. The molecule has 6 heteroatoms. The first kappa shape index (κ1) is 16.4. The van der Waals surface area contributed by atoms with E-state index in [1.165, 1.54) is 6.92 Å². The molecule has 2 heterocycles. The lowest BCUT2D eigenvalue weighted by Gasteiger charge is -2.28. The Kier molecular flexibility index (Phi) is 4.74. The zero-order valence-corrected chi connectivity index (χ0v) is 14.0. The highest BCUT2D eigenvalue weighted by atomic mass is 16.5. The number of aromatic nitrogens is 2. The van der Waals surface area contributed by atoms with Crippen molar-refractivity contribution < 1.29 is 14.1 Å². The van der Waals surface area contributed by atoms with E-state index < -0.39 is 0 Å². The van der Waals surface area contributed by atoms with E-state index >= 15 is 0 Å². The Hall–Kier alpha value is -2.50. The van der Waals surface area contributed by atoms with Crippen LogP contribution in [0.25, 0.3) is 0 Å². The predicted molar refractivity (Wildman–Crippen MR) is 87.7 cm³/mol. The van der Waals surface area contributed by atoms with Gasteiger partial charge < -0.3 is 9.42 Å². The normalized spacial score (nSPS) is 18.2. The fourth-order valence-corrected chi connectivity index (χ4v) is 3.08. The highest BCUT2D eigenvalue weighted by Crippen LogP contribution is 2.29. The van der Waals surface area contributed by atoms with Crippen molar-refractivity contribution in [3.63, 3.8) is 0 Å². The summed E-state index contributed by atoms with van der Waals surface area (Å²) in [6.07, 6.45) is 3.91. The zero-order chi connectivity index (χ0) is 17.1. The largest absolute Gasteiger partial charge is 0.340 e. The monoisotopic (exact) mass is 327 g/mol. The van der Waals surface area contributed by atoms with Crippen molar-refractivity contribution in [1.82, 2.24) is 15.0 Å². The third-order valence-corrected chi connectivity index (χ3v) is 4.39. The van der Waals surface area contributed by atoms with Crippen LogP contribution >= 0.6 is 0 Å². The summed E-state index contributed by atoms with van der Waals surface area (Å²) in [6.45, 7) is 3.94. The van der Waals surface area contributed by atoms with Crippen LogP contribution in [0.2, 0.25) is 0 Å². The van der Waals surface area contributed by atoms with Crippen LogP contribution < -0.4 is 0 Å². The molecule has 0 radical (unpaired) electrons. The number of carbonyl (C=O) groups excluding carboxylic acids is 2. The molecule has 1 saturated heterocycles. The second kappa shape index (κ2) is 6.95. The highest BCUT2D eigenvalue weighted by molar-refractivity contribution is 5.97. The van der Waals surface area contributed by atoms with E-state index in [9.17, 15) is 9.59 Å². The Morgan fingerprint density at radius 2 is 1.83 bits per heavy atom. The summed E-state index contributed by atoms with van der Waals surface area (Å²) in [7, 11) is 0. The number of amides is 1. The van der Waals surface area contributed by atoms with Crippen molar-refractivity contribution >= 4 is 11.7 Å². The molecule has 1 atom stereocenters. The van der Waals surface area contributed by atoms with Gasteiger partial charge in [-0.1, -0.05) is 30.1 Å². The first-order valence-corrected chi connectivity index (χ1v) is 8.28. The maximum atomic E-state index is 13.0. The van der Waals surface area contributed by atoms with Gasteiger partial charge in [-0.2, -0.15) is 4.98 Å². The van der Waals surface area contributed by atoms with Crippen LogP contribution in [0.3, 0.4) is 0 Å². The van der Waals surface area contributed by atoms with Crippen LogP contribution in [-0.4, -0.2) is 33.3 Å². The summed E-state index contributed by atoms with van der Waals surface area (Å²) >= 11 is 0. The Bertz CT molecular complexity index is 736. The summed E-state index contributed by atoms with van der Waals surface area (Å²) in [5, 5.41) is 4.02. The van der Waals surface area contributed by atoms with Gasteiger partial charge >= 0.3 is 0 Å². The van der Waals surface area contributed by atoms with E-state index in [-0.39, 0.29) is 17.7 Å². The van der Waals surface area contributed by atoms with Crippen molar-refractivity contribution in [1.29, 1.82) is 0 Å². The molecule has 0 N–H and O–H groups in total. The van der Waals surface area contributed by atoms with Gasteiger partial charge in [-0.05, 0) is 31.9 Å². The molecule has 0 aliphatic carbocycles. The number of carbonyl (C=O) groups is 2. The molecule has 0 unspecified atom stereocenters. The van der Waals surface area contributed by atoms with Crippen LogP contribution in [0.5, 0.6) is 0 Å². The number of benzene rings is 1. The molecule has 2 aromatic rings. The van der Waals surface area contributed by atoms with Crippen molar-refractivity contribution in [3.8, 4) is 0 Å². The fraction of sp³-hybridized carbons (Fsp3) is 0.444. The molecule has 0 saturated carbocycles. The van der Waals surface area contributed by atoms with Gasteiger partial charge in [0, 0.05) is 24.6 Å². The average Bonchev–Trinajstić information content (AvgIpc) is 2.86. The second-order valence-corrected chi connectivity index (χ2v) is 6.17. The van der Waals surface area contributed by atoms with Gasteiger partial charge in [0.1, 0.15) is 0 Å². The van der Waals surface area contributed by atoms with Crippen molar-refractivity contribution in [3.05, 3.63) is 47.1 Å². The molecule has 1 amide bonds. The Morgan fingerprint density at radius 3 is 2.46 bits per heavy atom. The SMILES string of the molecule is CC(=O)c1ccc(C(=O)N2CCCCC[C@H]2c2noc(C)n2)cc1. The number of rotatable bonds is 3. The summed E-state index contributed by atoms with van der Waals surface area (Å²) in [4.78, 5) is 30.5. The number of nitrogens with zero attached hydrogens (tertiary/aromatic N) is 3. The summed E-state index contributed by atoms with van der Waals surface area (Å²) in [5.41, 5.74) is 1.18. The number of Topliss-reactive ketones (excluding diaryl/α,β-unsaturated/α-hetero) is 1. The van der Waals surface area contributed by atoms with E-state index in [2.05, 4.69) is 10.1 Å². The van der Waals surface area contributed by atoms with Crippen LogP contribution in [0, 0.1) is 6.92 Å². The molecule has 1 fully saturated rings. The van der Waals surface area contributed by atoms with Gasteiger partial charge in [-0.3, -0.25) is 9.59 Å². The Labute approximate surface area is 140 Å². The Morgan fingerprint density at radius 1 is 1.12 bits per heavy atom. The lowest BCUT2D eigenvalue weighted by atomic mass is 10.1. The minimum absolute atomic E-state index is 0.0103. The highest BCUT2D eigenvalue weighted by Gasteiger charge is 2.30. The number of hydrogen-bond donors (Lipinski definition) is 0. The first-order chi connectivity index (χ1) is 11.6. The summed E-state index contributed by atoms with van der Waals surface area (Å²) < 4.78 is 5.10. The van der Waals surface area contributed by atoms with E-state index in [1.54, 1.807) is 31.2 Å². The molecule has 1 aromatic heterocycles. The maximum absolute atomic E-state index is 13.0. The average molecular weight is 327 g/mol. The van der Waals surface area contributed by atoms with Gasteiger partial charge in [0.15, 0.2) is 11.6 Å². The van der Waals surface area contributed by atoms with E-state index in [0.29, 0.717) is 29.4 Å². The lowest BCUT2D eigenvalue weighted by Crippen LogP contribution is -2.35. The number of hydrogen-bond acceptors (Lipinski definition) is 5. The van der Waals surface area contributed by atoms with Crippen LogP contribution in [0.4, 0.5) is 0 Å². The summed E-state index contributed by atoms with van der Waals surface area (Å²) in [6, 6.07) is 6.65. The molecule has 1 aliphatic rings. The molecule has 3 rings (SSSR count). The minimum atomic E-state index is -0.162. The van der Waals surface area contributed by atoms with Gasteiger partial charge in [-0.15, -0.1) is 0 Å². The van der Waals surface area contributed by atoms with Gasteiger partial charge in [0.05, 0.1) is 6.04 Å². The van der Waals surface area contributed by atoms with Crippen molar-refractivity contribution in [2.24, 2.45) is 0 Å². The molecule has 1 aliphatic heterocycles. The number of likely N-dealkylation sites (tertiary alicyclic amines) is 1. The molecule has 6 nitrogen and oxygen atoms in total. The third-order valence-electron chi connectivity index (χ3n) is 4.39. The van der Waals surface area contributed by atoms with E-state index in [1.807, 2.05) is 4.90 Å². The maximum Gasteiger partial charge on any atom is 0.254 e. The zero-order valence-electron chi connectivity index (χ0n) is 14.0. The van der Waals surface area contributed by atoms with Crippen LogP contribution in [0.1, 0.15) is 71.1 Å². The van der Waals surface area contributed by atoms with Crippen LogP contribution in [-0.2, 0) is 0 Å².